The average molecular weight is 118 g/mol. The van der Waals surface area contributed by atoms with E-state index in [1.54, 1.807) is 0 Å². The van der Waals surface area contributed by atoms with Crippen LogP contribution in [0.25, 0.3) is 0 Å². The number of methoxy groups -OCH3 is 1. The second-order valence-electron chi connectivity index (χ2n) is 1.10. The summed E-state index contributed by atoms with van der Waals surface area (Å²) in [5.74, 6) is -0.407. The van der Waals surface area contributed by atoms with Gasteiger partial charge in [-0.15, -0.1) is 0 Å². The summed E-state index contributed by atoms with van der Waals surface area (Å²) in [5.41, 5.74) is 3.05. The lowest BCUT2D eigenvalue weighted by Crippen LogP contribution is -2.18. The molecule has 0 aliphatic heterocycles. The van der Waals surface area contributed by atoms with Crippen LogP contribution in [0.2, 0.25) is 0 Å². The van der Waals surface area contributed by atoms with Gasteiger partial charge in [0.25, 0.3) is 5.91 Å². The molecule has 0 unspecified atom stereocenters. The van der Waals surface area contributed by atoms with Crippen molar-refractivity contribution in [2.75, 3.05) is 20.8 Å². The van der Waals surface area contributed by atoms with Crippen molar-refractivity contribution in [3.05, 3.63) is 0 Å². The standard InChI is InChI=1S/C4H8NO3/c1-7-3-4(6)5-8-2/h3H2,1-2H3. The molecular weight excluding hydrogens is 110 g/mol. The van der Waals surface area contributed by atoms with Crippen LogP contribution in [0.3, 0.4) is 0 Å². The summed E-state index contributed by atoms with van der Waals surface area (Å²) in [4.78, 5) is 14.4. The molecule has 0 aromatic heterocycles. The molecule has 0 saturated heterocycles. The fraction of sp³-hybridized carbons (Fsp3) is 0.750. The molecule has 8 heavy (non-hydrogen) atoms. The van der Waals surface area contributed by atoms with E-state index in [0.717, 1.165) is 0 Å². The van der Waals surface area contributed by atoms with E-state index < -0.39 is 5.91 Å². The first-order valence-electron chi connectivity index (χ1n) is 2.07. The molecule has 0 fully saturated rings. The number of amides is 1. The molecular formula is C4H8NO3. The van der Waals surface area contributed by atoms with E-state index in [2.05, 4.69) is 15.1 Å². The molecule has 0 aliphatic carbocycles. The number of hydrogen-bond donors (Lipinski definition) is 0. The fourth-order valence-corrected chi connectivity index (χ4v) is 0.252. The predicted octanol–water partition coefficient (Wildman–Crippen LogP) is -0.675. The molecule has 4 heteroatoms. The zero-order valence-electron chi connectivity index (χ0n) is 4.88. The summed E-state index contributed by atoms with van der Waals surface area (Å²) in [6.45, 7) is -0.0200. The van der Waals surface area contributed by atoms with E-state index in [4.69, 9.17) is 0 Å². The molecule has 0 atom stereocenters. The van der Waals surface area contributed by atoms with Crippen molar-refractivity contribution in [1.29, 1.82) is 0 Å². The Morgan fingerprint density at radius 1 is 1.62 bits per heavy atom. The third-order valence-corrected chi connectivity index (χ3v) is 0.461. The van der Waals surface area contributed by atoms with Gasteiger partial charge in [-0.3, -0.25) is 9.63 Å². The molecule has 0 bridgehead atoms. The number of carbonyl (C=O) groups is 1. The summed E-state index contributed by atoms with van der Waals surface area (Å²) < 4.78 is 4.43. The molecule has 0 aromatic carbocycles. The van der Waals surface area contributed by atoms with Crippen LogP contribution >= 0.6 is 0 Å². The highest BCUT2D eigenvalue weighted by Gasteiger charge is 1.97. The average Bonchev–Trinajstić information content (AvgIpc) is 1.68. The van der Waals surface area contributed by atoms with Gasteiger partial charge >= 0.3 is 0 Å². The highest BCUT2D eigenvalue weighted by molar-refractivity contribution is 5.75. The maximum absolute atomic E-state index is 10.2. The fourth-order valence-electron chi connectivity index (χ4n) is 0.252. The second-order valence-corrected chi connectivity index (χ2v) is 1.10. The van der Waals surface area contributed by atoms with Crippen LogP contribution in [-0.2, 0) is 14.4 Å². The zero-order valence-corrected chi connectivity index (χ0v) is 4.88. The highest BCUT2D eigenvalue weighted by atomic mass is 16.6. The van der Waals surface area contributed by atoms with Gasteiger partial charge in [-0.25, -0.2) is 0 Å². The van der Waals surface area contributed by atoms with Crippen LogP contribution in [0.4, 0.5) is 0 Å². The van der Waals surface area contributed by atoms with Crippen molar-refractivity contribution < 1.29 is 14.4 Å². The van der Waals surface area contributed by atoms with Crippen molar-refractivity contribution in [1.82, 2.24) is 5.48 Å². The summed E-state index contributed by atoms with van der Waals surface area (Å²) in [7, 11) is 2.73. The SMILES string of the molecule is COCC(=O)[N]OC. The Morgan fingerprint density at radius 2 is 2.25 bits per heavy atom. The normalized spacial score (nSPS) is 8.75. The molecule has 0 spiro atoms. The van der Waals surface area contributed by atoms with Crippen LogP contribution < -0.4 is 5.48 Å². The van der Waals surface area contributed by atoms with Crippen LogP contribution in [0, 0.1) is 0 Å². The molecule has 4 nitrogen and oxygen atoms in total. The van der Waals surface area contributed by atoms with Gasteiger partial charge in [0.2, 0.25) is 0 Å². The number of nitrogens with zero attached hydrogens (tertiary/aromatic N) is 1. The zero-order chi connectivity index (χ0) is 6.41. The highest BCUT2D eigenvalue weighted by Crippen LogP contribution is 1.68. The quantitative estimate of drug-likeness (QED) is 0.461. The van der Waals surface area contributed by atoms with Crippen molar-refractivity contribution in [2.45, 2.75) is 0 Å². The molecule has 1 radical (unpaired) electrons. The van der Waals surface area contributed by atoms with Gasteiger partial charge in [0.05, 0.1) is 7.11 Å². The van der Waals surface area contributed by atoms with Crippen LogP contribution in [0.15, 0.2) is 0 Å². The lowest BCUT2D eigenvalue weighted by Gasteiger charge is -1.93. The van der Waals surface area contributed by atoms with Crippen LogP contribution in [0.1, 0.15) is 0 Å². The maximum Gasteiger partial charge on any atom is 0.294 e. The van der Waals surface area contributed by atoms with Gasteiger partial charge in [-0.2, -0.15) is 0 Å². The van der Waals surface area contributed by atoms with E-state index in [-0.39, 0.29) is 6.61 Å². The molecule has 0 saturated carbocycles. The first-order valence-corrected chi connectivity index (χ1v) is 2.07. The van der Waals surface area contributed by atoms with E-state index in [1.807, 2.05) is 0 Å². The van der Waals surface area contributed by atoms with Gasteiger partial charge in [0.1, 0.15) is 6.61 Å². The molecule has 0 aromatic rings. The Labute approximate surface area is 47.7 Å². The number of hydrogen-bond acceptors (Lipinski definition) is 3. The van der Waals surface area contributed by atoms with E-state index in [0.29, 0.717) is 0 Å². The minimum absolute atomic E-state index is 0.0200. The van der Waals surface area contributed by atoms with Crippen molar-refractivity contribution in [3.63, 3.8) is 0 Å². The summed E-state index contributed by atoms with van der Waals surface area (Å²) in [6, 6.07) is 0. The monoisotopic (exact) mass is 118 g/mol. The Kier molecular flexibility index (Phi) is 4.20. The van der Waals surface area contributed by atoms with Gasteiger partial charge in [-0.1, -0.05) is 5.48 Å². The number of hydroxylamine groups is 1. The lowest BCUT2D eigenvalue weighted by atomic mass is 10.7. The lowest BCUT2D eigenvalue weighted by molar-refractivity contribution is -0.136. The summed E-state index contributed by atoms with van der Waals surface area (Å²) >= 11 is 0. The van der Waals surface area contributed by atoms with Crippen LogP contribution in [0.5, 0.6) is 0 Å². The van der Waals surface area contributed by atoms with Gasteiger partial charge < -0.3 is 4.74 Å². The predicted molar refractivity (Wildman–Crippen MR) is 26.0 cm³/mol. The third kappa shape index (κ3) is 3.58. The smallest absolute Gasteiger partial charge is 0.294 e. The second kappa shape index (κ2) is 4.55. The van der Waals surface area contributed by atoms with Crippen molar-refractivity contribution >= 4 is 5.91 Å². The van der Waals surface area contributed by atoms with Gasteiger partial charge in [-0.05, 0) is 0 Å². The number of rotatable bonds is 3. The molecule has 0 rings (SSSR count). The third-order valence-electron chi connectivity index (χ3n) is 0.461. The van der Waals surface area contributed by atoms with Gasteiger partial charge in [0, 0.05) is 7.11 Å². The van der Waals surface area contributed by atoms with E-state index in [9.17, 15) is 4.79 Å². The van der Waals surface area contributed by atoms with E-state index >= 15 is 0 Å². The molecule has 0 aliphatic rings. The Hall–Kier alpha value is -0.610. The van der Waals surface area contributed by atoms with Crippen molar-refractivity contribution in [3.8, 4) is 0 Å². The molecule has 0 N–H and O–H groups in total. The Bertz CT molecular complexity index is 65.7. The number of ether oxygens (including phenoxy) is 1. The minimum atomic E-state index is -0.407. The topological polar surface area (TPSA) is 49.6 Å². The maximum atomic E-state index is 10.2. The molecule has 0 heterocycles. The first kappa shape index (κ1) is 7.39. The van der Waals surface area contributed by atoms with Gasteiger partial charge in [0.15, 0.2) is 0 Å². The summed E-state index contributed by atoms with van der Waals surface area (Å²) in [6.07, 6.45) is 0. The van der Waals surface area contributed by atoms with Crippen molar-refractivity contribution in [2.24, 2.45) is 0 Å². The van der Waals surface area contributed by atoms with Crippen LogP contribution in [-0.4, -0.2) is 26.7 Å². The Balaban J connectivity index is 3.06. The largest absolute Gasteiger partial charge is 0.375 e. The minimum Gasteiger partial charge on any atom is -0.375 e. The number of carbonyl (C=O) groups excluding carboxylic acids is 1. The van der Waals surface area contributed by atoms with E-state index in [1.165, 1.54) is 14.2 Å². The molecule has 1 amide bonds. The summed E-state index contributed by atoms with van der Waals surface area (Å²) in [5, 5.41) is 0. The molecule has 47 valence electrons. The first-order chi connectivity index (χ1) is 3.81. The Morgan fingerprint density at radius 3 is 2.62 bits per heavy atom.